The van der Waals surface area contributed by atoms with Crippen molar-refractivity contribution in [3.05, 3.63) is 34.6 Å². The predicted molar refractivity (Wildman–Crippen MR) is 66.4 cm³/mol. The molecule has 0 aliphatic carbocycles. The molecule has 1 aromatic rings. The maximum atomic E-state index is 13.4. The van der Waals surface area contributed by atoms with Crippen LogP contribution in [-0.2, 0) is 0 Å². The topological polar surface area (TPSA) is 46.2 Å². The van der Waals surface area contributed by atoms with E-state index in [4.69, 9.17) is 17.3 Å². The Morgan fingerprint density at radius 2 is 1.94 bits per heavy atom. The molecule has 3 N–H and O–H groups in total. The molecule has 0 fully saturated rings. The molecule has 0 radical (unpaired) electrons. The second kappa shape index (κ2) is 6.40. The van der Waals surface area contributed by atoms with Crippen LogP contribution in [0.1, 0.15) is 25.5 Å². The standard InChI is InChI=1S/C11H15ClFNO.ClH/c1-6(2)11(15)10(14)9-7(12)4-3-5-8(9)13;/h3-6,10-11,15H,14H2,1-2H3;1H/t10-,11+;/m0./s1. The van der Waals surface area contributed by atoms with E-state index in [1.165, 1.54) is 12.1 Å². The zero-order chi connectivity index (χ0) is 11.6. The molecule has 0 aliphatic heterocycles. The number of aliphatic hydroxyl groups excluding tert-OH is 1. The third kappa shape index (κ3) is 3.32. The lowest BCUT2D eigenvalue weighted by molar-refractivity contribution is 0.0967. The summed E-state index contributed by atoms with van der Waals surface area (Å²) in [6.45, 7) is 3.64. The minimum absolute atomic E-state index is 0. The average molecular weight is 268 g/mol. The van der Waals surface area contributed by atoms with E-state index in [0.717, 1.165) is 0 Å². The number of rotatable bonds is 3. The monoisotopic (exact) mass is 267 g/mol. The minimum atomic E-state index is -0.806. The zero-order valence-corrected chi connectivity index (χ0v) is 10.7. The van der Waals surface area contributed by atoms with Crippen molar-refractivity contribution in [1.82, 2.24) is 0 Å². The van der Waals surface area contributed by atoms with Crippen LogP contribution in [0.25, 0.3) is 0 Å². The molecule has 92 valence electrons. The number of hydrogen-bond donors (Lipinski definition) is 2. The molecule has 0 spiro atoms. The summed E-state index contributed by atoms with van der Waals surface area (Å²) in [5.74, 6) is -0.523. The highest BCUT2D eigenvalue weighted by Crippen LogP contribution is 2.28. The van der Waals surface area contributed by atoms with Crippen LogP contribution in [-0.4, -0.2) is 11.2 Å². The fourth-order valence-corrected chi connectivity index (χ4v) is 1.70. The molecule has 2 nitrogen and oxygen atoms in total. The van der Waals surface area contributed by atoms with E-state index in [2.05, 4.69) is 0 Å². The first kappa shape index (κ1) is 15.7. The molecule has 1 aromatic carbocycles. The van der Waals surface area contributed by atoms with Crippen molar-refractivity contribution < 1.29 is 9.50 Å². The molecule has 16 heavy (non-hydrogen) atoms. The van der Waals surface area contributed by atoms with E-state index in [9.17, 15) is 9.50 Å². The molecule has 0 saturated carbocycles. The van der Waals surface area contributed by atoms with Gasteiger partial charge in [-0.25, -0.2) is 4.39 Å². The Labute approximate surface area is 106 Å². The first-order valence-electron chi connectivity index (χ1n) is 4.82. The molecule has 0 bridgehead atoms. The van der Waals surface area contributed by atoms with Crippen LogP contribution < -0.4 is 5.73 Å². The first-order chi connectivity index (χ1) is 6.95. The van der Waals surface area contributed by atoms with E-state index in [1.54, 1.807) is 6.07 Å². The van der Waals surface area contributed by atoms with Gasteiger partial charge in [-0.1, -0.05) is 31.5 Å². The summed E-state index contributed by atoms with van der Waals surface area (Å²) in [6.07, 6.45) is -0.806. The molecule has 0 aromatic heterocycles. The summed E-state index contributed by atoms with van der Waals surface area (Å²) in [5.41, 5.74) is 5.95. The van der Waals surface area contributed by atoms with E-state index in [-0.39, 0.29) is 28.9 Å². The highest BCUT2D eigenvalue weighted by molar-refractivity contribution is 6.31. The Bertz CT molecular complexity index is 327. The van der Waals surface area contributed by atoms with Gasteiger partial charge in [0.2, 0.25) is 0 Å². The normalized spacial score (nSPS) is 14.4. The maximum absolute atomic E-state index is 13.4. The van der Waals surface area contributed by atoms with E-state index >= 15 is 0 Å². The van der Waals surface area contributed by atoms with Crippen molar-refractivity contribution in [1.29, 1.82) is 0 Å². The average Bonchev–Trinajstić information content (AvgIpc) is 2.15. The van der Waals surface area contributed by atoms with Gasteiger partial charge in [0.15, 0.2) is 0 Å². The predicted octanol–water partition coefficient (Wildman–Crippen LogP) is 2.92. The van der Waals surface area contributed by atoms with Gasteiger partial charge in [-0.3, -0.25) is 0 Å². The second-order valence-electron chi connectivity index (χ2n) is 3.90. The molecule has 0 saturated heterocycles. The lowest BCUT2D eigenvalue weighted by Crippen LogP contribution is -2.31. The Hall–Kier alpha value is -0.350. The van der Waals surface area contributed by atoms with Gasteiger partial charge in [0.1, 0.15) is 5.82 Å². The largest absolute Gasteiger partial charge is 0.391 e. The zero-order valence-electron chi connectivity index (χ0n) is 9.15. The summed E-state index contributed by atoms with van der Waals surface area (Å²) < 4.78 is 13.4. The Kier molecular flexibility index (Phi) is 6.26. The van der Waals surface area contributed by atoms with Crippen LogP contribution in [0.15, 0.2) is 18.2 Å². The smallest absolute Gasteiger partial charge is 0.129 e. The van der Waals surface area contributed by atoms with Crippen LogP contribution in [0.5, 0.6) is 0 Å². The van der Waals surface area contributed by atoms with Crippen molar-refractivity contribution in [2.75, 3.05) is 0 Å². The summed E-state index contributed by atoms with van der Waals surface area (Å²) in [5, 5.41) is 10.00. The van der Waals surface area contributed by atoms with Gasteiger partial charge >= 0.3 is 0 Å². The van der Waals surface area contributed by atoms with Crippen molar-refractivity contribution in [3.63, 3.8) is 0 Å². The number of benzene rings is 1. The van der Waals surface area contributed by atoms with E-state index < -0.39 is 18.0 Å². The summed E-state index contributed by atoms with van der Waals surface area (Å²) in [6, 6.07) is 3.56. The van der Waals surface area contributed by atoms with Gasteiger partial charge < -0.3 is 10.8 Å². The highest BCUT2D eigenvalue weighted by atomic mass is 35.5. The lowest BCUT2D eigenvalue weighted by Gasteiger charge is -2.23. The molecular formula is C11H16Cl2FNO. The number of hydrogen-bond acceptors (Lipinski definition) is 2. The summed E-state index contributed by atoms with van der Waals surface area (Å²) in [7, 11) is 0. The Morgan fingerprint density at radius 1 is 1.38 bits per heavy atom. The van der Waals surface area contributed by atoms with E-state index in [1.807, 2.05) is 13.8 Å². The van der Waals surface area contributed by atoms with Gasteiger partial charge in [-0.15, -0.1) is 12.4 Å². The Morgan fingerprint density at radius 3 is 2.38 bits per heavy atom. The first-order valence-corrected chi connectivity index (χ1v) is 5.20. The SMILES string of the molecule is CC(C)[C@@H](O)[C@@H](N)c1c(F)cccc1Cl.Cl. The molecule has 1 rings (SSSR count). The molecular weight excluding hydrogens is 252 g/mol. The lowest BCUT2D eigenvalue weighted by atomic mass is 9.94. The van der Waals surface area contributed by atoms with Gasteiger partial charge in [0.25, 0.3) is 0 Å². The third-order valence-corrected chi connectivity index (χ3v) is 2.71. The van der Waals surface area contributed by atoms with Gasteiger partial charge in [-0.05, 0) is 18.1 Å². The van der Waals surface area contributed by atoms with Crippen LogP contribution in [0.4, 0.5) is 4.39 Å². The van der Waals surface area contributed by atoms with Crippen molar-refractivity contribution in [2.24, 2.45) is 11.7 Å². The van der Waals surface area contributed by atoms with Gasteiger partial charge in [0, 0.05) is 10.6 Å². The molecule has 0 amide bonds. The van der Waals surface area contributed by atoms with E-state index in [0.29, 0.717) is 0 Å². The molecule has 0 unspecified atom stereocenters. The van der Waals surface area contributed by atoms with Crippen LogP contribution in [0, 0.1) is 11.7 Å². The quantitative estimate of drug-likeness (QED) is 0.885. The van der Waals surface area contributed by atoms with Crippen LogP contribution in [0.3, 0.4) is 0 Å². The fraction of sp³-hybridized carbons (Fsp3) is 0.455. The van der Waals surface area contributed by atoms with Crippen LogP contribution >= 0.6 is 24.0 Å². The molecule has 2 atom stereocenters. The summed E-state index contributed by atoms with van der Waals surface area (Å²) in [4.78, 5) is 0. The van der Waals surface area contributed by atoms with Crippen molar-refractivity contribution >= 4 is 24.0 Å². The fourth-order valence-electron chi connectivity index (χ4n) is 1.41. The third-order valence-electron chi connectivity index (χ3n) is 2.38. The molecule has 5 heteroatoms. The summed E-state index contributed by atoms with van der Waals surface area (Å²) >= 11 is 5.84. The minimum Gasteiger partial charge on any atom is -0.391 e. The molecule has 0 heterocycles. The highest BCUT2D eigenvalue weighted by Gasteiger charge is 2.24. The van der Waals surface area contributed by atoms with Gasteiger partial charge in [0.05, 0.1) is 12.1 Å². The van der Waals surface area contributed by atoms with Gasteiger partial charge in [-0.2, -0.15) is 0 Å². The van der Waals surface area contributed by atoms with Crippen molar-refractivity contribution in [2.45, 2.75) is 26.0 Å². The molecule has 0 aliphatic rings. The maximum Gasteiger partial charge on any atom is 0.129 e. The number of nitrogens with two attached hydrogens (primary N) is 1. The van der Waals surface area contributed by atoms with Crippen molar-refractivity contribution in [3.8, 4) is 0 Å². The van der Waals surface area contributed by atoms with Crippen LogP contribution in [0.2, 0.25) is 5.02 Å². The Balaban J connectivity index is 0.00000225. The number of aliphatic hydroxyl groups is 1. The number of halogens is 3. The second-order valence-corrected chi connectivity index (χ2v) is 4.30.